The fraction of sp³-hybridized carbons (Fsp3) is 0.467. The first-order chi connectivity index (χ1) is 8.56. The Hall–Kier alpha value is -1.22. The van der Waals surface area contributed by atoms with Crippen molar-refractivity contribution in [1.29, 1.82) is 0 Å². The molecule has 0 radical (unpaired) electrons. The van der Waals surface area contributed by atoms with Gasteiger partial charge in [-0.05, 0) is 44.4 Å². The lowest BCUT2D eigenvalue weighted by atomic mass is 9.98. The fourth-order valence-corrected chi connectivity index (χ4v) is 2.34. The maximum atomic E-state index is 13.6. The Morgan fingerprint density at radius 1 is 1.22 bits per heavy atom. The first kappa shape index (κ1) is 13.2. The Balaban J connectivity index is 2.11. The molecule has 2 atom stereocenters. The number of piperidine rings is 1. The summed E-state index contributed by atoms with van der Waals surface area (Å²) in [7, 11) is 0. The van der Waals surface area contributed by atoms with Gasteiger partial charge in [0.1, 0.15) is 11.6 Å². The van der Waals surface area contributed by atoms with Gasteiger partial charge < -0.3 is 5.32 Å². The summed E-state index contributed by atoms with van der Waals surface area (Å²) in [5.41, 5.74) is 0.659. The molecule has 1 aromatic carbocycles. The fourth-order valence-electron chi connectivity index (χ4n) is 2.34. The molecular weight excluding hydrogens is 232 g/mol. The molecule has 1 fully saturated rings. The van der Waals surface area contributed by atoms with E-state index in [1.54, 1.807) is 13.0 Å². The van der Waals surface area contributed by atoms with E-state index in [1.807, 2.05) is 6.08 Å². The minimum atomic E-state index is -0.367. The van der Waals surface area contributed by atoms with Crippen LogP contribution in [0.1, 0.15) is 37.3 Å². The van der Waals surface area contributed by atoms with E-state index < -0.39 is 0 Å². The normalized spacial score (nSPS) is 24.7. The van der Waals surface area contributed by atoms with Crippen LogP contribution in [0.3, 0.4) is 0 Å². The summed E-state index contributed by atoms with van der Waals surface area (Å²) >= 11 is 0. The van der Waals surface area contributed by atoms with Crippen LogP contribution in [0.25, 0.3) is 6.08 Å². The molecular formula is C15H19F2N. The van der Waals surface area contributed by atoms with Gasteiger partial charge in [0, 0.05) is 17.6 Å². The van der Waals surface area contributed by atoms with Crippen LogP contribution in [0, 0.1) is 18.6 Å². The SMILES string of the molecule is Cc1cc(F)c(/C=C/C2CCCC(C)N2)cc1F. The highest BCUT2D eigenvalue weighted by atomic mass is 19.1. The van der Waals surface area contributed by atoms with E-state index in [1.165, 1.54) is 25.0 Å². The van der Waals surface area contributed by atoms with Crippen molar-refractivity contribution in [3.05, 3.63) is 41.0 Å². The van der Waals surface area contributed by atoms with Crippen LogP contribution >= 0.6 is 0 Å². The molecule has 1 aliphatic heterocycles. The van der Waals surface area contributed by atoms with Crippen LogP contribution in [0.4, 0.5) is 8.78 Å². The third-order valence-corrected chi connectivity index (χ3v) is 3.44. The van der Waals surface area contributed by atoms with Crippen LogP contribution in [0.2, 0.25) is 0 Å². The second-order valence-corrected chi connectivity index (χ2v) is 5.09. The Labute approximate surface area is 107 Å². The summed E-state index contributed by atoms with van der Waals surface area (Å²) in [5.74, 6) is -0.727. The predicted octanol–water partition coefficient (Wildman–Crippen LogP) is 3.82. The molecule has 0 spiro atoms. The van der Waals surface area contributed by atoms with Gasteiger partial charge in [-0.1, -0.05) is 18.6 Å². The molecule has 1 saturated heterocycles. The van der Waals surface area contributed by atoms with Crippen molar-refractivity contribution >= 4 is 6.08 Å². The van der Waals surface area contributed by atoms with Crippen molar-refractivity contribution < 1.29 is 8.78 Å². The van der Waals surface area contributed by atoms with E-state index in [0.29, 0.717) is 17.2 Å². The molecule has 18 heavy (non-hydrogen) atoms. The lowest BCUT2D eigenvalue weighted by Gasteiger charge is -2.26. The van der Waals surface area contributed by atoms with Crippen LogP contribution in [0.5, 0.6) is 0 Å². The topological polar surface area (TPSA) is 12.0 Å². The Kier molecular flexibility index (Phi) is 4.12. The number of halogens is 2. The largest absolute Gasteiger partial charge is 0.308 e. The highest BCUT2D eigenvalue weighted by Gasteiger charge is 2.15. The molecule has 1 nitrogen and oxygen atoms in total. The van der Waals surface area contributed by atoms with Gasteiger partial charge in [0.15, 0.2) is 0 Å². The van der Waals surface area contributed by atoms with Gasteiger partial charge in [0.05, 0.1) is 0 Å². The molecule has 2 unspecified atom stereocenters. The van der Waals surface area contributed by atoms with Crippen molar-refractivity contribution in [2.45, 2.75) is 45.2 Å². The average molecular weight is 251 g/mol. The van der Waals surface area contributed by atoms with Crippen LogP contribution < -0.4 is 5.32 Å². The summed E-state index contributed by atoms with van der Waals surface area (Å²) in [5, 5.41) is 3.43. The van der Waals surface area contributed by atoms with E-state index in [4.69, 9.17) is 0 Å². The van der Waals surface area contributed by atoms with Gasteiger partial charge in [0.25, 0.3) is 0 Å². The smallest absolute Gasteiger partial charge is 0.130 e. The molecule has 0 amide bonds. The highest BCUT2D eigenvalue weighted by molar-refractivity contribution is 5.51. The van der Waals surface area contributed by atoms with Crippen LogP contribution in [-0.2, 0) is 0 Å². The van der Waals surface area contributed by atoms with Crippen molar-refractivity contribution in [3.63, 3.8) is 0 Å². The average Bonchev–Trinajstić information content (AvgIpc) is 2.32. The Morgan fingerprint density at radius 2 is 2.00 bits per heavy atom. The maximum Gasteiger partial charge on any atom is 0.130 e. The summed E-state index contributed by atoms with van der Waals surface area (Å²) in [6, 6.07) is 3.25. The molecule has 0 saturated carbocycles. The Bertz CT molecular complexity index is 454. The number of benzene rings is 1. The lowest BCUT2D eigenvalue weighted by molar-refractivity contribution is 0.375. The zero-order chi connectivity index (χ0) is 13.1. The predicted molar refractivity (Wildman–Crippen MR) is 70.4 cm³/mol. The van der Waals surface area contributed by atoms with E-state index in [2.05, 4.69) is 12.2 Å². The molecule has 0 bridgehead atoms. The van der Waals surface area contributed by atoms with Gasteiger partial charge in [-0.3, -0.25) is 0 Å². The summed E-state index contributed by atoms with van der Waals surface area (Å²) < 4.78 is 27.0. The van der Waals surface area contributed by atoms with Crippen molar-refractivity contribution in [3.8, 4) is 0 Å². The van der Waals surface area contributed by atoms with Gasteiger partial charge in [-0.15, -0.1) is 0 Å². The summed E-state index contributed by atoms with van der Waals surface area (Å²) in [6.45, 7) is 3.71. The van der Waals surface area contributed by atoms with E-state index in [9.17, 15) is 8.78 Å². The molecule has 1 N–H and O–H groups in total. The summed E-state index contributed by atoms with van der Waals surface area (Å²) in [4.78, 5) is 0. The van der Waals surface area contributed by atoms with E-state index in [0.717, 1.165) is 6.42 Å². The first-order valence-electron chi connectivity index (χ1n) is 6.46. The Morgan fingerprint density at radius 3 is 2.72 bits per heavy atom. The number of hydrogen-bond acceptors (Lipinski definition) is 1. The lowest BCUT2D eigenvalue weighted by Crippen LogP contribution is -2.39. The molecule has 2 rings (SSSR count). The molecule has 1 aliphatic rings. The van der Waals surface area contributed by atoms with Crippen molar-refractivity contribution in [2.75, 3.05) is 0 Å². The number of hydrogen-bond donors (Lipinski definition) is 1. The number of aryl methyl sites for hydroxylation is 1. The molecule has 0 aromatic heterocycles. The maximum absolute atomic E-state index is 13.6. The zero-order valence-corrected chi connectivity index (χ0v) is 10.8. The second-order valence-electron chi connectivity index (χ2n) is 5.09. The molecule has 1 heterocycles. The van der Waals surface area contributed by atoms with E-state index in [-0.39, 0.29) is 17.7 Å². The van der Waals surface area contributed by atoms with Gasteiger partial charge in [-0.25, -0.2) is 8.78 Å². The first-order valence-corrected chi connectivity index (χ1v) is 6.46. The van der Waals surface area contributed by atoms with Crippen LogP contribution in [0.15, 0.2) is 18.2 Å². The van der Waals surface area contributed by atoms with Gasteiger partial charge >= 0.3 is 0 Å². The zero-order valence-electron chi connectivity index (χ0n) is 10.8. The molecule has 3 heteroatoms. The number of rotatable bonds is 2. The summed E-state index contributed by atoms with van der Waals surface area (Å²) in [6.07, 6.45) is 7.01. The third kappa shape index (κ3) is 3.16. The molecule has 98 valence electrons. The van der Waals surface area contributed by atoms with Crippen LogP contribution in [-0.4, -0.2) is 12.1 Å². The highest BCUT2D eigenvalue weighted by Crippen LogP contribution is 2.18. The number of nitrogens with one attached hydrogen (secondary N) is 1. The molecule has 0 aliphatic carbocycles. The molecule has 1 aromatic rings. The quantitative estimate of drug-likeness (QED) is 0.842. The minimum absolute atomic E-state index is 0.262. The second kappa shape index (κ2) is 5.61. The van der Waals surface area contributed by atoms with Gasteiger partial charge in [0.2, 0.25) is 0 Å². The van der Waals surface area contributed by atoms with E-state index >= 15 is 0 Å². The van der Waals surface area contributed by atoms with Crippen molar-refractivity contribution in [2.24, 2.45) is 0 Å². The standard InChI is InChI=1S/C15H19F2N/c1-10-8-15(17)12(9-14(10)16)6-7-13-5-3-4-11(2)18-13/h6-9,11,13,18H,3-5H2,1-2H3/b7-6+. The monoisotopic (exact) mass is 251 g/mol. The van der Waals surface area contributed by atoms with Crippen molar-refractivity contribution in [1.82, 2.24) is 5.32 Å². The third-order valence-electron chi connectivity index (χ3n) is 3.44. The minimum Gasteiger partial charge on any atom is -0.308 e. The van der Waals surface area contributed by atoms with Gasteiger partial charge in [-0.2, -0.15) is 0 Å².